The van der Waals surface area contributed by atoms with E-state index in [-0.39, 0.29) is 11.6 Å². The minimum atomic E-state index is -2.76. The molecule has 2 aromatic carbocycles. The topological polar surface area (TPSA) is 109 Å². The van der Waals surface area contributed by atoms with Crippen molar-refractivity contribution in [1.82, 2.24) is 25.4 Å². The van der Waals surface area contributed by atoms with Crippen molar-refractivity contribution in [3.63, 3.8) is 0 Å². The molecule has 0 radical (unpaired) electrons. The summed E-state index contributed by atoms with van der Waals surface area (Å²) in [5.74, 6) is 0.884. The molecule has 4 aromatic rings. The van der Waals surface area contributed by atoms with E-state index in [0.717, 1.165) is 22.8 Å². The number of carbonyl (C=O) groups is 2. The zero-order valence-corrected chi connectivity index (χ0v) is 21.3. The molecule has 11 heteroatoms. The Balaban J connectivity index is 1.41. The summed E-state index contributed by atoms with van der Waals surface area (Å²) in [4.78, 5) is 32.0. The SMILES string of the molecule is O=C1NCCCOc2cccc(c2)C2c3ccc(cc3CCN2C(=O)c2cc(C(F)F)[nH]n2)Oc2cncc1c2. The number of carbonyl (C=O) groups excluding carboxylic acids is 2. The van der Waals surface area contributed by atoms with Gasteiger partial charge in [-0.25, -0.2) is 8.78 Å². The Labute approximate surface area is 228 Å². The highest BCUT2D eigenvalue weighted by atomic mass is 19.3. The fraction of sp³-hybridized carbons (Fsp3) is 0.241. The smallest absolute Gasteiger partial charge is 0.279 e. The van der Waals surface area contributed by atoms with E-state index in [1.54, 1.807) is 17.0 Å². The van der Waals surface area contributed by atoms with Crippen molar-refractivity contribution in [2.75, 3.05) is 19.7 Å². The molecule has 0 aliphatic carbocycles. The Morgan fingerprint density at radius 3 is 2.80 bits per heavy atom. The van der Waals surface area contributed by atoms with Crippen molar-refractivity contribution >= 4 is 11.8 Å². The van der Waals surface area contributed by atoms with Gasteiger partial charge in [-0.05, 0) is 65.9 Å². The fourth-order valence-electron chi connectivity index (χ4n) is 5.03. The Morgan fingerprint density at radius 1 is 1.05 bits per heavy atom. The molecule has 8 bridgehead atoms. The number of amides is 2. The number of benzene rings is 2. The third-order valence-electron chi connectivity index (χ3n) is 6.92. The van der Waals surface area contributed by atoms with Crippen molar-refractivity contribution in [1.29, 1.82) is 0 Å². The number of hydrogen-bond acceptors (Lipinski definition) is 6. The first-order chi connectivity index (χ1) is 19.5. The van der Waals surface area contributed by atoms with Crippen LogP contribution in [0.25, 0.3) is 0 Å². The van der Waals surface area contributed by atoms with Crippen molar-refractivity contribution < 1.29 is 27.8 Å². The largest absolute Gasteiger partial charge is 0.494 e. The van der Waals surface area contributed by atoms with E-state index < -0.39 is 24.1 Å². The van der Waals surface area contributed by atoms with Crippen LogP contribution in [0.15, 0.2) is 67.0 Å². The maximum absolute atomic E-state index is 13.6. The number of ether oxygens (including phenoxy) is 2. The summed E-state index contributed by atoms with van der Waals surface area (Å²) in [6.07, 6.45) is 1.34. The van der Waals surface area contributed by atoms with Crippen LogP contribution in [0.5, 0.6) is 17.2 Å². The van der Waals surface area contributed by atoms with E-state index in [2.05, 4.69) is 20.5 Å². The van der Waals surface area contributed by atoms with Gasteiger partial charge < -0.3 is 19.7 Å². The van der Waals surface area contributed by atoms with Gasteiger partial charge in [0.1, 0.15) is 22.9 Å². The summed E-state index contributed by atoms with van der Waals surface area (Å²) < 4.78 is 38.4. The van der Waals surface area contributed by atoms with Gasteiger partial charge in [0.25, 0.3) is 18.2 Å². The molecule has 3 aliphatic rings. The highest BCUT2D eigenvalue weighted by Crippen LogP contribution is 2.39. The van der Waals surface area contributed by atoms with E-state index in [1.165, 1.54) is 12.4 Å². The van der Waals surface area contributed by atoms with Crippen LogP contribution >= 0.6 is 0 Å². The lowest BCUT2D eigenvalue weighted by Gasteiger charge is -2.37. The van der Waals surface area contributed by atoms with Crippen LogP contribution in [0.1, 0.15) is 62.1 Å². The van der Waals surface area contributed by atoms with Gasteiger partial charge >= 0.3 is 0 Å². The predicted octanol–water partition coefficient (Wildman–Crippen LogP) is 4.83. The van der Waals surface area contributed by atoms with Crippen molar-refractivity contribution in [2.45, 2.75) is 25.3 Å². The van der Waals surface area contributed by atoms with Gasteiger partial charge in [0.05, 0.1) is 24.4 Å². The zero-order valence-electron chi connectivity index (χ0n) is 21.3. The third kappa shape index (κ3) is 5.09. The number of halogens is 2. The van der Waals surface area contributed by atoms with Crippen molar-refractivity contribution in [3.8, 4) is 17.2 Å². The summed E-state index contributed by atoms with van der Waals surface area (Å²) in [5, 5.41) is 8.99. The fourth-order valence-corrected chi connectivity index (χ4v) is 5.03. The number of rotatable bonds is 2. The second-order valence-corrected chi connectivity index (χ2v) is 9.56. The van der Waals surface area contributed by atoms with Crippen molar-refractivity contribution in [2.24, 2.45) is 0 Å². The quantitative estimate of drug-likeness (QED) is 0.373. The summed E-state index contributed by atoms with van der Waals surface area (Å²) in [6, 6.07) is 15.3. The Kier molecular flexibility index (Phi) is 6.85. The summed E-state index contributed by atoms with van der Waals surface area (Å²) in [5.41, 5.74) is 2.55. The Bertz CT molecular complexity index is 1570. The molecule has 1 unspecified atom stereocenters. The molecule has 0 fully saturated rings. The maximum atomic E-state index is 13.6. The second kappa shape index (κ2) is 10.8. The summed E-state index contributed by atoms with van der Waals surface area (Å²) in [7, 11) is 0. The molecule has 40 heavy (non-hydrogen) atoms. The molecule has 2 N–H and O–H groups in total. The van der Waals surface area contributed by atoms with E-state index in [4.69, 9.17) is 9.47 Å². The molecule has 2 amide bonds. The Hall–Kier alpha value is -4.80. The minimum Gasteiger partial charge on any atom is -0.494 e. The van der Waals surface area contributed by atoms with Crippen LogP contribution < -0.4 is 14.8 Å². The van der Waals surface area contributed by atoms with Gasteiger partial charge in [-0.1, -0.05) is 18.2 Å². The molecule has 0 spiro atoms. The molecule has 0 saturated heterocycles. The first kappa shape index (κ1) is 25.5. The van der Waals surface area contributed by atoms with Crippen LogP contribution in [-0.2, 0) is 6.42 Å². The lowest BCUT2D eigenvalue weighted by atomic mass is 9.87. The zero-order chi connectivity index (χ0) is 27.6. The van der Waals surface area contributed by atoms with E-state index in [0.29, 0.717) is 55.4 Å². The molecular weight excluding hydrogens is 520 g/mol. The van der Waals surface area contributed by atoms with Gasteiger partial charge in [-0.3, -0.25) is 19.7 Å². The normalized spacial score (nSPS) is 16.9. The van der Waals surface area contributed by atoms with E-state index in [9.17, 15) is 18.4 Å². The van der Waals surface area contributed by atoms with Crippen LogP contribution in [0.3, 0.4) is 0 Å². The number of alkyl halides is 2. The van der Waals surface area contributed by atoms with E-state index >= 15 is 0 Å². The summed E-state index contributed by atoms with van der Waals surface area (Å²) in [6.45, 7) is 1.10. The van der Waals surface area contributed by atoms with Gasteiger partial charge in [-0.15, -0.1) is 0 Å². The number of fused-ring (bicyclic) bond motifs is 6. The molecule has 9 nitrogen and oxygen atoms in total. The van der Waals surface area contributed by atoms with Crippen molar-refractivity contribution in [3.05, 3.63) is 101 Å². The lowest BCUT2D eigenvalue weighted by molar-refractivity contribution is 0.0688. The first-order valence-electron chi connectivity index (χ1n) is 12.9. The lowest BCUT2D eigenvalue weighted by Crippen LogP contribution is -2.40. The van der Waals surface area contributed by atoms with Gasteiger partial charge in [0.2, 0.25) is 0 Å². The number of pyridine rings is 1. The average Bonchev–Trinajstić information content (AvgIpc) is 3.47. The van der Waals surface area contributed by atoms with Gasteiger partial charge in [-0.2, -0.15) is 5.10 Å². The molecular formula is C29H25F2N5O4. The highest BCUT2D eigenvalue weighted by Gasteiger charge is 2.34. The number of hydrogen-bond donors (Lipinski definition) is 2. The van der Waals surface area contributed by atoms with Crippen LogP contribution in [0.4, 0.5) is 8.78 Å². The molecule has 3 aliphatic heterocycles. The number of aromatic amines is 1. The predicted molar refractivity (Wildman–Crippen MR) is 140 cm³/mol. The summed E-state index contributed by atoms with van der Waals surface area (Å²) >= 11 is 0. The second-order valence-electron chi connectivity index (χ2n) is 9.56. The van der Waals surface area contributed by atoms with E-state index in [1.807, 2.05) is 36.4 Å². The third-order valence-corrected chi connectivity index (χ3v) is 6.92. The van der Waals surface area contributed by atoms with Crippen LogP contribution in [0.2, 0.25) is 0 Å². The standard InChI is InChI=1S/C29H25F2N5O4/c30-27(31)24-14-25(35-34-24)29(38)36-9-7-17-11-21-5-6-23(17)26(36)18-3-1-4-20(12-18)39-10-2-8-33-28(37)19-13-22(40-21)16-32-15-19/h1,3-6,11-16,26-27H,2,7-10H2,(H,33,37)(H,34,35). The maximum Gasteiger partial charge on any atom is 0.279 e. The monoisotopic (exact) mass is 545 g/mol. The Morgan fingerprint density at radius 2 is 1.95 bits per heavy atom. The molecule has 1 atom stereocenters. The van der Waals surface area contributed by atoms with Gasteiger partial charge in [0, 0.05) is 19.3 Å². The molecule has 2 aromatic heterocycles. The van der Waals surface area contributed by atoms with Crippen LogP contribution in [-0.4, -0.2) is 51.6 Å². The first-order valence-corrected chi connectivity index (χ1v) is 12.9. The highest BCUT2D eigenvalue weighted by molar-refractivity contribution is 5.94. The van der Waals surface area contributed by atoms with Crippen LogP contribution in [0, 0.1) is 0 Å². The molecule has 5 heterocycles. The number of nitrogens with zero attached hydrogens (tertiary/aromatic N) is 3. The average molecular weight is 546 g/mol. The molecule has 204 valence electrons. The number of H-pyrrole nitrogens is 1. The molecule has 7 rings (SSSR count). The minimum absolute atomic E-state index is 0.0695. The number of nitrogens with one attached hydrogen (secondary N) is 2. The molecule has 0 saturated carbocycles. The number of aromatic nitrogens is 3. The van der Waals surface area contributed by atoms with Gasteiger partial charge in [0.15, 0.2) is 5.69 Å².